The van der Waals surface area contributed by atoms with Gasteiger partial charge in [0.1, 0.15) is 0 Å². The van der Waals surface area contributed by atoms with Gasteiger partial charge in [0, 0.05) is 0 Å². The lowest BCUT2D eigenvalue weighted by Gasteiger charge is -2.29. The third kappa shape index (κ3) is 4.38. The van der Waals surface area contributed by atoms with E-state index in [1.165, 1.54) is 5.57 Å². The van der Waals surface area contributed by atoms with Crippen LogP contribution >= 0.6 is 0 Å². The van der Waals surface area contributed by atoms with Gasteiger partial charge in [-0.25, -0.2) is 0 Å². The van der Waals surface area contributed by atoms with E-state index in [-0.39, 0.29) is 6.10 Å². The molecule has 3 unspecified atom stereocenters. The number of rotatable bonds is 4. The summed E-state index contributed by atoms with van der Waals surface area (Å²) in [6.45, 7) is 8.89. The van der Waals surface area contributed by atoms with Gasteiger partial charge in [-0.15, -0.1) is 0 Å². The first-order valence-electron chi connectivity index (χ1n) is 6.34. The highest BCUT2D eigenvalue weighted by Gasteiger charge is 2.24. The molecule has 15 heavy (non-hydrogen) atoms. The van der Waals surface area contributed by atoms with E-state index in [0.29, 0.717) is 17.8 Å². The van der Waals surface area contributed by atoms with Crippen molar-refractivity contribution in [3.8, 4) is 0 Å². The minimum absolute atomic E-state index is 0.0847. The largest absolute Gasteiger partial charge is 0.393 e. The van der Waals surface area contributed by atoms with Crippen LogP contribution in [0, 0.1) is 17.8 Å². The van der Waals surface area contributed by atoms with Crippen LogP contribution in [0.4, 0.5) is 0 Å². The fourth-order valence-electron chi connectivity index (χ4n) is 2.63. The summed E-state index contributed by atoms with van der Waals surface area (Å²) in [7, 11) is 0. The quantitative estimate of drug-likeness (QED) is 0.700. The normalized spacial score (nSPS) is 29.1. The lowest BCUT2D eigenvalue weighted by Crippen LogP contribution is -2.25. The molecule has 0 saturated heterocycles. The Morgan fingerprint density at radius 1 is 1.40 bits per heavy atom. The van der Waals surface area contributed by atoms with Crippen LogP contribution in [0.2, 0.25) is 0 Å². The Morgan fingerprint density at radius 3 is 2.60 bits per heavy atom. The van der Waals surface area contributed by atoms with E-state index in [0.717, 1.165) is 25.7 Å². The van der Waals surface area contributed by atoms with Gasteiger partial charge in [-0.1, -0.05) is 32.4 Å². The first-order chi connectivity index (χ1) is 6.99. The first kappa shape index (κ1) is 12.8. The summed E-state index contributed by atoms with van der Waals surface area (Å²) in [6.07, 6.45) is 6.65. The van der Waals surface area contributed by atoms with Crippen LogP contribution in [-0.2, 0) is 0 Å². The first-order valence-corrected chi connectivity index (χ1v) is 6.34. The summed E-state index contributed by atoms with van der Waals surface area (Å²) in [5, 5.41) is 10.1. The van der Waals surface area contributed by atoms with E-state index < -0.39 is 0 Å². The maximum atomic E-state index is 10.1. The number of aliphatic hydroxyl groups excluding tert-OH is 1. The highest BCUT2D eigenvalue weighted by molar-refractivity contribution is 5.07. The summed E-state index contributed by atoms with van der Waals surface area (Å²) in [4.78, 5) is 0. The SMILES string of the molecule is CC1=CC(C)CC(C(O)CCC(C)C)C1. The second kappa shape index (κ2) is 5.69. The molecule has 0 radical (unpaired) electrons. The van der Waals surface area contributed by atoms with Crippen molar-refractivity contribution in [2.45, 2.75) is 59.5 Å². The zero-order chi connectivity index (χ0) is 11.4. The molecule has 0 aromatic heterocycles. The molecule has 1 nitrogen and oxygen atoms in total. The van der Waals surface area contributed by atoms with Crippen molar-refractivity contribution < 1.29 is 5.11 Å². The highest BCUT2D eigenvalue weighted by Crippen LogP contribution is 2.31. The van der Waals surface area contributed by atoms with Crippen LogP contribution in [0.15, 0.2) is 11.6 Å². The fourth-order valence-corrected chi connectivity index (χ4v) is 2.63. The summed E-state index contributed by atoms with van der Waals surface area (Å²) < 4.78 is 0. The van der Waals surface area contributed by atoms with Gasteiger partial charge in [-0.2, -0.15) is 0 Å². The number of aliphatic hydroxyl groups is 1. The van der Waals surface area contributed by atoms with Crippen LogP contribution in [0.5, 0.6) is 0 Å². The molecule has 1 heteroatoms. The Balaban J connectivity index is 2.40. The molecule has 1 aliphatic carbocycles. The van der Waals surface area contributed by atoms with E-state index in [1.54, 1.807) is 0 Å². The molecule has 0 saturated carbocycles. The van der Waals surface area contributed by atoms with Crippen molar-refractivity contribution >= 4 is 0 Å². The maximum Gasteiger partial charge on any atom is 0.0571 e. The lowest BCUT2D eigenvalue weighted by molar-refractivity contribution is 0.0799. The Morgan fingerprint density at radius 2 is 2.07 bits per heavy atom. The van der Waals surface area contributed by atoms with E-state index in [4.69, 9.17) is 0 Å². The maximum absolute atomic E-state index is 10.1. The van der Waals surface area contributed by atoms with Gasteiger partial charge in [-0.05, 0) is 50.4 Å². The summed E-state index contributed by atoms with van der Waals surface area (Å²) in [5.41, 5.74) is 1.46. The smallest absolute Gasteiger partial charge is 0.0571 e. The van der Waals surface area contributed by atoms with Crippen molar-refractivity contribution in [3.63, 3.8) is 0 Å². The second-order valence-corrected chi connectivity index (χ2v) is 5.73. The molecule has 1 N–H and O–H groups in total. The average Bonchev–Trinajstić information content (AvgIpc) is 2.12. The fraction of sp³-hybridized carbons (Fsp3) is 0.857. The predicted octanol–water partition coefficient (Wildman–Crippen LogP) is 3.78. The Hall–Kier alpha value is -0.300. The van der Waals surface area contributed by atoms with Crippen LogP contribution in [0.1, 0.15) is 53.4 Å². The summed E-state index contributed by atoms with van der Waals surface area (Å²) in [6, 6.07) is 0. The van der Waals surface area contributed by atoms with Crippen molar-refractivity contribution in [3.05, 3.63) is 11.6 Å². The third-order valence-corrected chi connectivity index (χ3v) is 3.41. The van der Waals surface area contributed by atoms with Crippen LogP contribution in [0.25, 0.3) is 0 Å². The molecule has 0 amide bonds. The van der Waals surface area contributed by atoms with Gasteiger partial charge in [0.25, 0.3) is 0 Å². The van der Waals surface area contributed by atoms with Crippen LogP contribution in [0.3, 0.4) is 0 Å². The number of hydrogen-bond donors (Lipinski definition) is 1. The van der Waals surface area contributed by atoms with E-state index >= 15 is 0 Å². The zero-order valence-electron chi connectivity index (χ0n) is 10.7. The third-order valence-electron chi connectivity index (χ3n) is 3.41. The molecule has 1 rings (SSSR count). The van der Waals surface area contributed by atoms with Gasteiger partial charge < -0.3 is 5.11 Å². The van der Waals surface area contributed by atoms with Gasteiger partial charge in [0.05, 0.1) is 6.10 Å². The van der Waals surface area contributed by atoms with Gasteiger partial charge in [-0.3, -0.25) is 0 Å². The van der Waals surface area contributed by atoms with Crippen LogP contribution < -0.4 is 0 Å². The molecule has 0 aromatic carbocycles. The monoisotopic (exact) mass is 210 g/mol. The van der Waals surface area contributed by atoms with Gasteiger partial charge in [0.2, 0.25) is 0 Å². The van der Waals surface area contributed by atoms with Crippen molar-refractivity contribution in [2.24, 2.45) is 17.8 Å². The molecule has 0 spiro atoms. The molecule has 0 bridgehead atoms. The average molecular weight is 210 g/mol. The second-order valence-electron chi connectivity index (χ2n) is 5.73. The predicted molar refractivity (Wildman–Crippen MR) is 65.7 cm³/mol. The lowest BCUT2D eigenvalue weighted by atomic mass is 9.79. The minimum Gasteiger partial charge on any atom is -0.393 e. The molecule has 88 valence electrons. The molecule has 0 aliphatic heterocycles. The van der Waals surface area contributed by atoms with E-state index in [2.05, 4.69) is 33.8 Å². The van der Waals surface area contributed by atoms with E-state index in [1.807, 2.05) is 0 Å². The summed E-state index contributed by atoms with van der Waals surface area (Å²) >= 11 is 0. The topological polar surface area (TPSA) is 20.2 Å². The van der Waals surface area contributed by atoms with Gasteiger partial charge in [0.15, 0.2) is 0 Å². The molecule has 0 fully saturated rings. The zero-order valence-corrected chi connectivity index (χ0v) is 10.7. The molecular formula is C14H26O. The molecular weight excluding hydrogens is 184 g/mol. The molecule has 3 atom stereocenters. The van der Waals surface area contributed by atoms with Gasteiger partial charge >= 0.3 is 0 Å². The molecule has 0 aromatic rings. The Labute approximate surface area is 94.6 Å². The molecule has 1 aliphatic rings. The van der Waals surface area contributed by atoms with Crippen LogP contribution in [-0.4, -0.2) is 11.2 Å². The number of hydrogen-bond acceptors (Lipinski definition) is 1. The van der Waals surface area contributed by atoms with Crippen molar-refractivity contribution in [1.82, 2.24) is 0 Å². The Kier molecular flexibility index (Phi) is 4.85. The highest BCUT2D eigenvalue weighted by atomic mass is 16.3. The standard InChI is InChI=1S/C14H26O/c1-10(2)5-6-14(15)13-8-11(3)7-12(4)9-13/h7,10-11,13-15H,5-6,8-9H2,1-4H3. The Bertz CT molecular complexity index is 217. The minimum atomic E-state index is -0.0847. The van der Waals surface area contributed by atoms with E-state index in [9.17, 15) is 5.11 Å². The van der Waals surface area contributed by atoms with Crippen molar-refractivity contribution in [2.75, 3.05) is 0 Å². The van der Waals surface area contributed by atoms with Crippen molar-refractivity contribution in [1.29, 1.82) is 0 Å². The molecule has 0 heterocycles. The number of allylic oxidation sites excluding steroid dienone is 2. The summed E-state index contributed by atoms with van der Waals surface area (Å²) in [5.74, 6) is 1.86.